The highest BCUT2D eigenvalue weighted by molar-refractivity contribution is 5.85. The molecule has 5 nitrogen and oxygen atoms in total. The highest BCUT2D eigenvalue weighted by atomic mass is 35.5. The number of nitro benzene ring substituents is 1. The molecule has 6 heteroatoms. The Morgan fingerprint density at radius 3 is 2.53 bits per heavy atom. The molecular formula is C13H21ClN2O3. The molecule has 0 unspecified atom stereocenters. The van der Waals surface area contributed by atoms with Gasteiger partial charge in [-0.05, 0) is 24.3 Å². The van der Waals surface area contributed by atoms with Crippen LogP contribution in [0.5, 0.6) is 0 Å². The van der Waals surface area contributed by atoms with E-state index in [2.05, 4.69) is 13.8 Å². The topological polar surface area (TPSA) is 89.4 Å². The number of halogens is 1. The van der Waals surface area contributed by atoms with Crippen LogP contribution >= 0.6 is 12.4 Å². The van der Waals surface area contributed by atoms with Gasteiger partial charge >= 0.3 is 0 Å². The Morgan fingerprint density at radius 2 is 2.00 bits per heavy atom. The number of nitrogens with zero attached hydrogens (tertiary/aromatic N) is 1. The fourth-order valence-electron chi connectivity index (χ4n) is 1.75. The highest BCUT2D eigenvalue weighted by Gasteiger charge is 2.19. The van der Waals surface area contributed by atoms with Crippen LogP contribution in [-0.4, -0.2) is 16.1 Å². The highest BCUT2D eigenvalue weighted by Crippen LogP contribution is 2.22. The van der Waals surface area contributed by atoms with Crippen molar-refractivity contribution in [1.82, 2.24) is 0 Å². The maximum absolute atomic E-state index is 10.7. The van der Waals surface area contributed by atoms with E-state index in [9.17, 15) is 15.2 Å². The molecule has 0 heterocycles. The number of hydrogen-bond donors (Lipinski definition) is 2. The molecule has 0 saturated carbocycles. The predicted molar refractivity (Wildman–Crippen MR) is 77.4 cm³/mol. The largest absolute Gasteiger partial charge is 0.391 e. The molecule has 2 atom stereocenters. The second-order valence-electron chi connectivity index (χ2n) is 4.92. The van der Waals surface area contributed by atoms with Crippen molar-refractivity contribution < 1.29 is 10.0 Å². The molecule has 108 valence electrons. The third-order valence-corrected chi connectivity index (χ3v) is 2.92. The van der Waals surface area contributed by atoms with Crippen LogP contribution in [0, 0.1) is 16.0 Å². The summed E-state index contributed by atoms with van der Waals surface area (Å²) < 4.78 is 0. The minimum Gasteiger partial charge on any atom is -0.391 e. The lowest BCUT2D eigenvalue weighted by Gasteiger charge is -2.19. The maximum Gasteiger partial charge on any atom is 0.269 e. The van der Waals surface area contributed by atoms with Gasteiger partial charge in [0.05, 0.1) is 17.1 Å². The van der Waals surface area contributed by atoms with Crippen LogP contribution in [0.15, 0.2) is 24.3 Å². The lowest BCUT2D eigenvalue weighted by atomic mass is 9.96. The minimum absolute atomic E-state index is 0. The Labute approximate surface area is 119 Å². The molecule has 0 aliphatic heterocycles. The predicted octanol–water partition coefficient (Wildman–Crippen LogP) is 2.81. The number of non-ortho nitro benzene ring substituents is 1. The Morgan fingerprint density at radius 1 is 1.37 bits per heavy atom. The fraction of sp³-hybridized carbons (Fsp3) is 0.538. The molecule has 0 bridgehead atoms. The average molecular weight is 289 g/mol. The van der Waals surface area contributed by atoms with Crippen LogP contribution < -0.4 is 5.73 Å². The van der Waals surface area contributed by atoms with Crippen LogP contribution in [-0.2, 0) is 0 Å². The number of nitro groups is 1. The van der Waals surface area contributed by atoms with Crippen molar-refractivity contribution in [2.75, 3.05) is 0 Å². The smallest absolute Gasteiger partial charge is 0.269 e. The van der Waals surface area contributed by atoms with E-state index in [1.165, 1.54) is 12.1 Å². The molecule has 0 amide bonds. The van der Waals surface area contributed by atoms with Crippen molar-refractivity contribution in [1.29, 1.82) is 0 Å². The average Bonchev–Trinajstić information content (AvgIpc) is 2.35. The molecule has 19 heavy (non-hydrogen) atoms. The zero-order chi connectivity index (χ0) is 13.7. The van der Waals surface area contributed by atoms with Gasteiger partial charge in [-0.1, -0.05) is 26.0 Å². The normalized spacial score (nSPS) is 13.7. The van der Waals surface area contributed by atoms with Gasteiger partial charge in [-0.2, -0.15) is 0 Å². The van der Waals surface area contributed by atoms with Crippen LogP contribution in [0.4, 0.5) is 5.69 Å². The lowest BCUT2D eigenvalue weighted by molar-refractivity contribution is -0.384. The van der Waals surface area contributed by atoms with Gasteiger partial charge in [0.15, 0.2) is 0 Å². The molecule has 0 aromatic heterocycles. The Hall–Kier alpha value is -1.17. The SMILES string of the molecule is CC(C)CC[C@@H](O)[C@@H](N)c1cccc([N+](=O)[O-])c1.Cl. The standard InChI is InChI=1S/C13H20N2O3.ClH/c1-9(2)6-7-12(16)13(14)10-4-3-5-11(8-10)15(17)18;/h3-5,8-9,12-13,16H,6-7,14H2,1-2H3;1H/t12-,13+;/m1./s1. The zero-order valence-corrected chi connectivity index (χ0v) is 12.0. The molecule has 0 fully saturated rings. The molecule has 0 spiro atoms. The van der Waals surface area contributed by atoms with Crippen LogP contribution in [0.2, 0.25) is 0 Å². The summed E-state index contributed by atoms with van der Waals surface area (Å²) in [6.45, 7) is 4.15. The Balaban J connectivity index is 0.00000324. The second-order valence-corrected chi connectivity index (χ2v) is 4.92. The van der Waals surface area contributed by atoms with E-state index in [1.807, 2.05) is 0 Å². The van der Waals surface area contributed by atoms with E-state index >= 15 is 0 Å². The summed E-state index contributed by atoms with van der Waals surface area (Å²) in [4.78, 5) is 10.2. The van der Waals surface area contributed by atoms with Crippen molar-refractivity contribution in [2.45, 2.75) is 38.8 Å². The summed E-state index contributed by atoms with van der Waals surface area (Å²) >= 11 is 0. The van der Waals surface area contributed by atoms with Gasteiger partial charge in [0.2, 0.25) is 0 Å². The van der Waals surface area contributed by atoms with Crippen molar-refractivity contribution >= 4 is 18.1 Å². The fourth-order valence-corrected chi connectivity index (χ4v) is 1.75. The number of aliphatic hydroxyl groups excluding tert-OH is 1. The molecule has 3 N–H and O–H groups in total. The van der Waals surface area contributed by atoms with Crippen LogP contribution in [0.1, 0.15) is 38.3 Å². The lowest BCUT2D eigenvalue weighted by Crippen LogP contribution is -2.26. The number of aliphatic hydroxyl groups is 1. The van der Waals surface area contributed by atoms with Crippen LogP contribution in [0.25, 0.3) is 0 Å². The van der Waals surface area contributed by atoms with Crippen LogP contribution in [0.3, 0.4) is 0 Å². The molecule has 0 aliphatic carbocycles. The summed E-state index contributed by atoms with van der Waals surface area (Å²) in [5.74, 6) is 0.497. The monoisotopic (exact) mass is 288 g/mol. The molecule has 0 aliphatic rings. The van der Waals surface area contributed by atoms with Crippen molar-refractivity contribution in [3.05, 3.63) is 39.9 Å². The third-order valence-electron chi connectivity index (χ3n) is 2.92. The number of nitrogens with two attached hydrogens (primary N) is 1. The van der Waals surface area contributed by atoms with Crippen molar-refractivity contribution in [2.24, 2.45) is 11.7 Å². The number of rotatable bonds is 6. The summed E-state index contributed by atoms with van der Waals surface area (Å²) in [5.41, 5.74) is 6.52. The quantitative estimate of drug-likeness (QED) is 0.622. The first-order chi connectivity index (χ1) is 8.41. The molecule has 1 aromatic rings. The van der Waals surface area contributed by atoms with Gasteiger partial charge in [0.1, 0.15) is 0 Å². The summed E-state index contributed by atoms with van der Waals surface area (Å²) in [5, 5.41) is 20.6. The van der Waals surface area contributed by atoms with E-state index in [0.717, 1.165) is 6.42 Å². The Kier molecular flexibility index (Phi) is 7.59. The van der Waals surface area contributed by atoms with Gasteiger partial charge < -0.3 is 10.8 Å². The minimum atomic E-state index is -0.672. The van der Waals surface area contributed by atoms with E-state index in [-0.39, 0.29) is 18.1 Å². The van der Waals surface area contributed by atoms with Gasteiger partial charge in [0, 0.05) is 12.1 Å². The van der Waals surface area contributed by atoms with E-state index in [0.29, 0.717) is 17.9 Å². The zero-order valence-electron chi connectivity index (χ0n) is 11.2. The van der Waals surface area contributed by atoms with Crippen molar-refractivity contribution in [3.8, 4) is 0 Å². The first-order valence-electron chi connectivity index (χ1n) is 6.09. The first-order valence-corrected chi connectivity index (χ1v) is 6.09. The van der Waals surface area contributed by atoms with Gasteiger partial charge in [-0.15, -0.1) is 12.4 Å². The van der Waals surface area contributed by atoms with E-state index in [4.69, 9.17) is 5.73 Å². The molecular weight excluding hydrogens is 268 g/mol. The van der Waals surface area contributed by atoms with Gasteiger partial charge in [-0.25, -0.2) is 0 Å². The molecule has 1 aromatic carbocycles. The summed E-state index contributed by atoms with van der Waals surface area (Å²) in [6, 6.07) is 5.54. The van der Waals surface area contributed by atoms with E-state index in [1.54, 1.807) is 12.1 Å². The maximum atomic E-state index is 10.7. The summed E-state index contributed by atoms with van der Waals surface area (Å²) in [6.07, 6.45) is 0.806. The molecule has 1 rings (SSSR count). The molecule has 0 saturated heterocycles. The second kappa shape index (κ2) is 8.09. The summed E-state index contributed by atoms with van der Waals surface area (Å²) in [7, 11) is 0. The number of hydrogen-bond acceptors (Lipinski definition) is 4. The van der Waals surface area contributed by atoms with Crippen molar-refractivity contribution in [3.63, 3.8) is 0 Å². The molecule has 0 radical (unpaired) electrons. The first kappa shape index (κ1) is 17.8. The van der Waals surface area contributed by atoms with Gasteiger partial charge in [-0.3, -0.25) is 10.1 Å². The Bertz CT molecular complexity index is 413. The number of benzene rings is 1. The third kappa shape index (κ3) is 5.55. The van der Waals surface area contributed by atoms with E-state index < -0.39 is 17.1 Å². The van der Waals surface area contributed by atoms with Gasteiger partial charge in [0.25, 0.3) is 5.69 Å².